The first kappa shape index (κ1) is 16.4. The second kappa shape index (κ2) is 6.19. The molecular formula is C20H23NO3. The Kier molecular flexibility index (Phi) is 4.22. The predicted molar refractivity (Wildman–Crippen MR) is 94.4 cm³/mol. The van der Waals surface area contributed by atoms with Gasteiger partial charge >= 0.3 is 6.09 Å². The van der Waals surface area contributed by atoms with Gasteiger partial charge in [0.05, 0.1) is 12.6 Å². The number of carbonyl (C=O) groups is 1. The summed E-state index contributed by atoms with van der Waals surface area (Å²) in [6.45, 7) is 6.83. The highest BCUT2D eigenvalue weighted by atomic mass is 16.5. The summed E-state index contributed by atoms with van der Waals surface area (Å²) in [5.74, 6) is 0.870. The van der Waals surface area contributed by atoms with Crippen LogP contribution in [-0.2, 0) is 6.42 Å². The van der Waals surface area contributed by atoms with E-state index >= 15 is 0 Å². The van der Waals surface area contributed by atoms with Gasteiger partial charge in [0.1, 0.15) is 5.75 Å². The lowest BCUT2D eigenvalue weighted by Gasteiger charge is -2.27. The van der Waals surface area contributed by atoms with Crippen molar-refractivity contribution in [2.45, 2.75) is 33.2 Å². The van der Waals surface area contributed by atoms with Gasteiger partial charge in [-0.15, -0.1) is 0 Å². The van der Waals surface area contributed by atoms with Crippen LogP contribution in [0.1, 0.15) is 37.9 Å². The fourth-order valence-electron chi connectivity index (χ4n) is 3.54. The second-order valence-corrected chi connectivity index (χ2v) is 6.92. The third-order valence-corrected chi connectivity index (χ3v) is 4.65. The van der Waals surface area contributed by atoms with Crippen LogP contribution in [0.3, 0.4) is 0 Å². The molecule has 1 aliphatic carbocycles. The molecule has 2 N–H and O–H groups in total. The molecule has 4 heteroatoms. The van der Waals surface area contributed by atoms with E-state index in [1.165, 1.54) is 5.56 Å². The normalized spacial score (nSPS) is 18.0. The number of hydrogen-bond donors (Lipinski definition) is 2. The lowest BCUT2D eigenvalue weighted by molar-refractivity contribution is 0.175. The molecule has 1 aliphatic rings. The molecule has 1 unspecified atom stereocenters. The summed E-state index contributed by atoms with van der Waals surface area (Å²) in [6, 6.07) is 14.2. The highest BCUT2D eigenvalue weighted by molar-refractivity contribution is 5.68. The fourth-order valence-corrected chi connectivity index (χ4v) is 3.54. The molecule has 24 heavy (non-hydrogen) atoms. The van der Waals surface area contributed by atoms with E-state index in [1.807, 2.05) is 19.1 Å². The quantitative estimate of drug-likeness (QED) is 0.860. The summed E-state index contributed by atoms with van der Waals surface area (Å²) in [5.41, 5.74) is 4.44. The standard InChI is InChI=1S/C20H23NO3/c1-4-24-16-8-5-13(6-9-16)14-7-10-17-15(11-14)12-20(2,3)18(17)21-19(22)23/h5-11,18,21H,4,12H2,1-3H3,(H,22,23). The summed E-state index contributed by atoms with van der Waals surface area (Å²) in [5, 5.41) is 11.8. The van der Waals surface area contributed by atoms with Crippen molar-refractivity contribution in [3.63, 3.8) is 0 Å². The van der Waals surface area contributed by atoms with Gasteiger partial charge in [-0.05, 0) is 53.1 Å². The van der Waals surface area contributed by atoms with Crippen molar-refractivity contribution in [3.05, 3.63) is 53.6 Å². The molecule has 0 aliphatic heterocycles. The predicted octanol–water partition coefficient (Wildman–Crippen LogP) is 4.64. The Hall–Kier alpha value is -2.49. The Balaban J connectivity index is 1.91. The van der Waals surface area contributed by atoms with Crippen LogP contribution in [-0.4, -0.2) is 17.8 Å². The molecule has 2 aromatic rings. The van der Waals surface area contributed by atoms with Crippen molar-refractivity contribution >= 4 is 6.09 Å². The Morgan fingerprint density at radius 3 is 2.50 bits per heavy atom. The molecule has 1 atom stereocenters. The van der Waals surface area contributed by atoms with E-state index < -0.39 is 6.09 Å². The van der Waals surface area contributed by atoms with Crippen LogP contribution < -0.4 is 10.1 Å². The first-order valence-electron chi connectivity index (χ1n) is 8.26. The van der Waals surface area contributed by atoms with E-state index in [2.05, 4.69) is 49.5 Å². The SMILES string of the molecule is CCOc1ccc(-c2ccc3c(c2)CC(C)(C)C3NC(=O)O)cc1. The lowest BCUT2D eigenvalue weighted by atomic mass is 9.85. The Labute approximate surface area is 142 Å². The van der Waals surface area contributed by atoms with E-state index in [0.717, 1.165) is 28.9 Å². The lowest BCUT2D eigenvalue weighted by Crippen LogP contribution is -2.34. The largest absolute Gasteiger partial charge is 0.494 e. The highest BCUT2D eigenvalue weighted by Crippen LogP contribution is 2.46. The molecule has 2 aromatic carbocycles. The van der Waals surface area contributed by atoms with E-state index in [4.69, 9.17) is 9.84 Å². The number of carboxylic acid groups (broad SMARTS) is 1. The molecule has 0 saturated carbocycles. The summed E-state index contributed by atoms with van der Waals surface area (Å²) in [6.07, 6.45) is -0.116. The number of benzene rings is 2. The first-order chi connectivity index (χ1) is 11.4. The zero-order valence-electron chi connectivity index (χ0n) is 14.3. The molecule has 0 aromatic heterocycles. The van der Waals surface area contributed by atoms with Crippen LogP contribution in [0.15, 0.2) is 42.5 Å². The van der Waals surface area contributed by atoms with Crippen LogP contribution in [0, 0.1) is 5.41 Å². The number of fused-ring (bicyclic) bond motifs is 1. The average molecular weight is 325 g/mol. The maximum absolute atomic E-state index is 11.1. The monoisotopic (exact) mass is 325 g/mol. The number of amides is 1. The van der Waals surface area contributed by atoms with Crippen molar-refractivity contribution in [2.24, 2.45) is 5.41 Å². The maximum Gasteiger partial charge on any atom is 0.405 e. The molecule has 0 saturated heterocycles. The minimum atomic E-state index is -0.975. The molecule has 4 nitrogen and oxygen atoms in total. The fraction of sp³-hybridized carbons (Fsp3) is 0.350. The Morgan fingerprint density at radius 2 is 1.88 bits per heavy atom. The highest BCUT2D eigenvalue weighted by Gasteiger charge is 2.39. The van der Waals surface area contributed by atoms with Crippen molar-refractivity contribution in [3.8, 4) is 16.9 Å². The summed E-state index contributed by atoms with van der Waals surface area (Å²) in [4.78, 5) is 11.1. The maximum atomic E-state index is 11.1. The molecule has 3 rings (SSSR count). The van der Waals surface area contributed by atoms with Gasteiger partial charge in [-0.3, -0.25) is 0 Å². The Morgan fingerprint density at radius 1 is 1.21 bits per heavy atom. The molecule has 1 amide bonds. The van der Waals surface area contributed by atoms with E-state index in [1.54, 1.807) is 0 Å². The number of hydrogen-bond acceptors (Lipinski definition) is 2. The molecule has 0 fully saturated rings. The van der Waals surface area contributed by atoms with E-state index in [9.17, 15) is 4.79 Å². The molecule has 0 radical (unpaired) electrons. The zero-order chi connectivity index (χ0) is 17.3. The van der Waals surface area contributed by atoms with Crippen LogP contribution in [0.25, 0.3) is 11.1 Å². The van der Waals surface area contributed by atoms with Gasteiger partial charge in [-0.25, -0.2) is 4.79 Å². The summed E-state index contributed by atoms with van der Waals surface area (Å²) >= 11 is 0. The van der Waals surface area contributed by atoms with Crippen LogP contribution in [0.5, 0.6) is 5.75 Å². The minimum Gasteiger partial charge on any atom is -0.494 e. The molecule has 126 valence electrons. The van der Waals surface area contributed by atoms with Crippen LogP contribution in [0.2, 0.25) is 0 Å². The van der Waals surface area contributed by atoms with Crippen molar-refractivity contribution in [1.29, 1.82) is 0 Å². The smallest absolute Gasteiger partial charge is 0.405 e. The van der Waals surface area contributed by atoms with Gasteiger partial charge in [-0.1, -0.05) is 44.2 Å². The molecule has 0 spiro atoms. The van der Waals surface area contributed by atoms with E-state index in [0.29, 0.717) is 6.61 Å². The number of nitrogens with one attached hydrogen (secondary N) is 1. The van der Waals surface area contributed by atoms with Gasteiger partial charge in [0, 0.05) is 0 Å². The van der Waals surface area contributed by atoms with Crippen molar-refractivity contribution < 1.29 is 14.6 Å². The Bertz CT molecular complexity index is 750. The summed E-state index contributed by atoms with van der Waals surface area (Å²) < 4.78 is 5.49. The van der Waals surface area contributed by atoms with Gasteiger partial charge in [0.15, 0.2) is 0 Å². The third-order valence-electron chi connectivity index (χ3n) is 4.65. The van der Waals surface area contributed by atoms with Gasteiger partial charge < -0.3 is 15.2 Å². The number of rotatable bonds is 4. The number of ether oxygens (including phenoxy) is 1. The average Bonchev–Trinajstić information content (AvgIpc) is 2.77. The summed E-state index contributed by atoms with van der Waals surface area (Å²) in [7, 11) is 0. The topological polar surface area (TPSA) is 58.6 Å². The second-order valence-electron chi connectivity index (χ2n) is 6.92. The van der Waals surface area contributed by atoms with E-state index in [-0.39, 0.29) is 11.5 Å². The van der Waals surface area contributed by atoms with Crippen LogP contribution in [0.4, 0.5) is 4.79 Å². The van der Waals surface area contributed by atoms with Gasteiger partial charge in [0.25, 0.3) is 0 Å². The van der Waals surface area contributed by atoms with Crippen molar-refractivity contribution in [2.75, 3.05) is 6.61 Å². The van der Waals surface area contributed by atoms with Gasteiger partial charge in [-0.2, -0.15) is 0 Å². The van der Waals surface area contributed by atoms with Crippen molar-refractivity contribution in [1.82, 2.24) is 5.32 Å². The molecule has 0 heterocycles. The minimum absolute atomic E-state index is 0.127. The molecule has 0 bridgehead atoms. The molecular weight excluding hydrogens is 302 g/mol. The third kappa shape index (κ3) is 3.09. The first-order valence-corrected chi connectivity index (χ1v) is 8.26. The van der Waals surface area contributed by atoms with Gasteiger partial charge in [0.2, 0.25) is 0 Å². The zero-order valence-corrected chi connectivity index (χ0v) is 14.3. The van der Waals surface area contributed by atoms with Crippen LogP contribution >= 0.6 is 0 Å².